The van der Waals surface area contributed by atoms with Crippen LogP contribution in [0.3, 0.4) is 0 Å². The number of carbonyl (C=O) groups excluding carboxylic acids is 1. The van der Waals surface area contributed by atoms with Crippen molar-refractivity contribution in [2.75, 3.05) is 51.9 Å². The van der Waals surface area contributed by atoms with Crippen LogP contribution in [-0.2, 0) is 27.2 Å². The summed E-state index contributed by atoms with van der Waals surface area (Å²) in [6, 6.07) is 3.12. The van der Waals surface area contributed by atoms with Crippen molar-refractivity contribution in [1.82, 2.24) is 24.5 Å². The van der Waals surface area contributed by atoms with Crippen LogP contribution < -0.4 is 10.1 Å². The molecule has 1 saturated heterocycles. The fraction of sp³-hybridized carbons (Fsp3) is 0.500. The van der Waals surface area contributed by atoms with Crippen molar-refractivity contribution in [3.05, 3.63) is 47.2 Å². The van der Waals surface area contributed by atoms with E-state index in [2.05, 4.69) is 20.5 Å². The molecule has 11 heteroatoms. The van der Waals surface area contributed by atoms with Crippen molar-refractivity contribution in [2.45, 2.75) is 31.7 Å². The van der Waals surface area contributed by atoms with Crippen LogP contribution in [-0.4, -0.2) is 77.0 Å². The summed E-state index contributed by atoms with van der Waals surface area (Å²) < 4.78 is 32.2. The number of likely N-dealkylation sites (tertiary alicyclic amines) is 1. The molecule has 35 heavy (non-hydrogen) atoms. The Labute approximate surface area is 202 Å². The molecular formula is C24H29FN6O4. The molecule has 1 N–H and O–H groups in total. The van der Waals surface area contributed by atoms with Crippen molar-refractivity contribution < 1.29 is 23.4 Å². The van der Waals surface area contributed by atoms with E-state index in [0.29, 0.717) is 50.8 Å². The molecule has 3 aromatic rings. The van der Waals surface area contributed by atoms with E-state index in [4.69, 9.17) is 14.2 Å². The van der Waals surface area contributed by atoms with E-state index in [1.54, 1.807) is 23.9 Å². The summed E-state index contributed by atoms with van der Waals surface area (Å²) in [5.41, 5.74) is 3.21. The van der Waals surface area contributed by atoms with E-state index >= 15 is 0 Å². The molecule has 1 amide bonds. The van der Waals surface area contributed by atoms with E-state index in [1.807, 2.05) is 11.1 Å². The monoisotopic (exact) mass is 484 g/mol. The van der Waals surface area contributed by atoms with Crippen LogP contribution in [0.4, 0.5) is 10.3 Å². The number of nitrogens with one attached hydrogen (secondary N) is 1. The van der Waals surface area contributed by atoms with Gasteiger partial charge >= 0.3 is 0 Å². The van der Waals surface area contributed by atoms with Crippen molar-refractivity contribution in [3.8, 4) is 5.75 Å². The molecule has 2 aromatic heterocycles. The van der Waals surface area contributed by atoms with Gasteiger partial charge in [-0.15, -0.1) is 10.2 Å². The maximum atomic E-state index is 14.5. The van der Waals surface area contributed by atoms with Gasteiger partial charge in [0.25, 0.3) is 0 Å². The number of amides is 1. The topological polar surface area (TPSA) is 103 Å². The lowest BCUT2D eigenvalue weighted by molar-refractivity contribution is -0.137. The van der Waals surface area contributed by atoms with Crippen LogP contribution in [0.25, 0.3) is 5.65 Å². The maximum Gasteiger partial charge on any atom is 0.248 e. The molecule has 2 aliphatic heterocycles. The fourth-order valence-electron chi connectivity index (χ4n) is 4.76. The molecule has 0 aliphatic carbocycles. The molecule has 186 valence electrons. The van der Waals surface area contributed by atoms with E-state index in [9.17, 15) is 9.18 Å². The Kier molecular flexibility index (Phi) is 7.05. The van der Waals surface area contributed by atoms with Crippen LogP contribution in [0.5, 0.6) is 5.75 Å². The van der Waals surface area contributed by atoms with Crippen LogP contribution >= 0.6 is 0 Å². The third-order valence-electron chi connectivity index (χ3n) is 6.67. The molecule has 0 bridgehead atoms. The van der Waals surface area contributed by atoms with E-state index in [-0.39, 0.29) is 30.8 Å². The molecule has 0 atom stereocenters. The summed E-state index contributed by atoms with van der Waals surface area (Å²) >= 11 is 0. The summed E-state index contributed by atoms with van der Waals surface area (Å²) in [6.45, 7) is 3.10. The van der Waals surface area contributed by atoms with Gasteiger partial charge in [-0.2, -0.15) is 0 Å². The van der Waals surface area contributed by atoms with Gasteiger partial charge in [0.15, 0.2) is 5.65 Å². The van der Waals surface area contributed by atoms with Gasteiger partial charge in [-0.3, -0.25) is 9.20 Å². The number of aromatic nitrogens is 4. The SMILES string of the molecule is COCCOCC(=O)N1CCC(c2cnc(NCc3c(F)ccc4c3CCO4)n3cnnc23)CC1. The highest BCUT2D eigenvalue weighted by atomic mass is 19.1. The summed E-state index contributed by atoms with van der Waals surface area (Å²) in [5, 5.41) is 11.7. The molecule has 0 saturated carbocycles. The molecule has 0 radical (unpaired) electrons. The van der Waals surface area contributed by atoms with Gasteiger partial charge in [0, 0.05) is 56.1 Å². The Morgan fingerprint density at radius 2 is 2.14 bits per heavy atom. The predicted molar refractivity (Wildman–Crippen MR) is 125 cm³/mol. The lowest BCUT2D eigenvalue weighted by Crippen LogP contribution is -2.40. The predicted octanol–water partition coefficient (Wildman–Crippen LogP) is 2.18. The number of carbonyl (C=O) groups is 1. The quantitative estimate of drug-likeness (QED) is 0.461. The molecule has 2 aliphatic rings. The number of halogens is 1. The first-order valence-electron chi connectivity index (χ1n) is 11.9. The number of benzene rings is 1. The van der Waals surface area contributed by atoms with E-state index in [1.165, 1.54) is 6.07 Å². The van der Waals surface area contributed by atoms with Crippen LogP contribution in [0.1, 0.15) is 35.4 Å². The number of hydrogen-bond donors (Lipinski definition) is 1. The van der Waals surface area contributed by atoms with Crippen molar-refractivity contribution in [2.24, 2.45) is 0 Å². The Hall–Kier alpha value is -3.31. The van der Waals surface area contributed by atoms with Gasteiger partial charge in [-0.1, -0.05) is 0 Å². The second-order valence-corrected chi connectivity index (χ2v) is 8.72. The summed E-state index contributed by atoms with van der Waals surface area (Å²) in [6.07, 6.45) is 5.74. The minimum Gasteiger partial charge on any atom is -0.493 e. The first-order chi connectivity index (χ1) is 17.2. The lowest BCUT2D eigenvalue weighted by atomic mass is 9.91. The average molecular weight is 485 g/mol. The summed E-state index contributed by atoms with van der Waals surface area (Å²) in [7, 11) is 1.60. The second kappa shape index (κ2) is 10.5. The maximum absolute atomic E-state index is 14.5. The highest BCUT2D eigenvalue weighted by molar-refractivity contribution is 5.77. The Bertz CT molecular complexity index is 1190. The van der Waals surface area contributed by atoms with Crippen LogP contribution in [0.2, 0.25) is 0 Å². The number of anilines is 1. The molecule has 5 rings (SSSR count). The fourth-order valence-corrected chi connectivity index (χ4v) is 4.76. The highest BCUT2D eigenvalue weighted by Crippen LogP contribution is 2.32. The zero-order valence-electron chi connectivity index (χ0n) is 19.7. The van der Waals surface area contributed by atoms with Gasteiger partial charge in [0.1, 0.15) is 24.5 Å². The molecule has 10 nitrogen and oxygen atoms in total. The van der Waals surface area contributed by atoms with Gasteiger partial charge in [-0.25, -0.2) is 9.37 Å². The van der Waals surface area contributed by atoms with Crippen molar-refractivity contribution in [3.63, 3.8) is 0 Å². The van der Waals surface area contributed by atoms with Gasteiger partial charge in [0.05, 0.1) is 19.8 Å². The lowest BCUT2D eigenvalue weighted by Gasteiger charge is -2.32. The van der Waals surface area contributed by atoms with Gasteiger partial charge in [-0.05, 0) is 30.9 Å². The number of methoxy groups -OCH3 is 1. The first kappa shape index (κ1) is 23.4. The van der Waals surface area contributed by atoms with Gasteiger partial charge < -0.3 is 24.4 Å². The van der Waals surface area contributed by atoms with E-state index < -0.39 is 0 Å². The third-order valence-corrected chi connectivity index (χ3v) is 6.67. The normalized spacial score (nSPS) is 15.9. The summed E-state index contributed by atoms with van der Waals surface area (Å²) in [4.78, 5) is 18.8. The third kappa shape index (κ3) is 4.92. The van der Waals surface area contributed by atoms with Crippen molar-refractivity contribution >= 4 is 17.5 Å². The minimum absolute atomic E-state index is 0.00474. The van der Waals surface area contributed by atoms with Crippen LogP contribution in [0.15, 0.2) is 24.7 Å². The molecule has 1 fully saturated rings. The van der Waals surface area contributed by atoms with Crippen LogP contribution in [0, 0.1) is 5.82 Å². The largest absolute Gasteiger partial charge is 0.493 e. The Balaban J connectivity index is 1.24. The van der Waals surface area contributed by atoms with Crippen molar-refractivity contribution in [1.29, 1.82) is 0 Å². The molecular weight excluding hydrogens is 455 g/mol. The molecule has 4 heterocycles. The molecule has 0 spiro atoms. The Morgan fingerprint density at radius 3 is 2.97 bits per heavy atom. The second-order valence-electron chi connectivity index (χ2n) is 8.72. The number of rotatable bonds is 9. The number of hydrogen-bond acceptors (Lipinski definition) is 8. The standard InChI is InChI=1S/C24H29FN6O4/c1-33-10-11-34-14-22(32)30-7-4-16(5-8-30)18-12-26-24(31-15-28-29-23(18)31)27-13-19-17-6-9-35-21(17)3-2-20(19)25/h2-3,12,15-16H,4-11,13-14H2,1H3,(H,26,27). The minimum atomic E-state index is -0.260. The number of nitrogens with zero attached hydrogens (tertiary/aromatic N) is 5. The number of fused-ring (bicyclic) bond motifs is 2. The zero-order chi connectivity index (χ0) is 24.2. The zero-order valence-corrected chi connectivity index (χ0v) is 19.7. The molecule has 0 unspecified atom stereocenters. The smallest absolute Gasteiger partial charge is 0.248 e. The first-order valence-corrected chi connectivity index (χ1v) is 11.9. The highest BCUT2D eigenvalue weighted by Gasteiger charge is 2.27. The summed E-state index contributed by atoms with van der Waals surface area (Å²) in [5.74, 6) is 1.24. The number of piperidine rings is 1. The average Bonchev–Trinajstić information content (AvgIpc) is 3.56. The molecule has 1 aromatic carbocycles. The number of ether oxygens (including phenoxy) is 3. The van der Waals surface area contributed by atoms with E-state index in [0.717, 1.165) is 35.4 Å². The Morgan fingerprint density at radius 1 is 1.29 bits per heavy atom. The van der Waals surface area contributed by atoms with Gasteiger partial charge in [0.2, 0.25) is 11.9 Å².